The highest BCUT2D eigenvalue weighted by atomic mass is 32.2. The number of carboxylic acids is 1. The number of β-lactam (4-membered cyclic amide) rings is 1. The summed E-state index contributed by atoms with van der Waals surface area (Å²) in [5.41, 5.74) is 16.4. The summed E-state index contributed by atoms with van der Waals surface area (Å²) in [6, 6.07) is 0.754. The summed E-state index contributed by atoms with van der Waals surface area (Å²) in [6.45, 7) is 0.469. The van der Waals surface area contributed by atoms with Gasteiger partial charge >= 0.3 is 5.97 Å². The van der Waals surface area contributed by atoms with Crippen LogP contribution in [-0.2, 0) is 20.1 Å². The molecule has 0 radical (unpaired) electrons. The first-order chi connectivity index (χ1) is 18.7. The largest absolute Gasteiger partial charge is 0.477 e. The lowest BCUT2D eigenvalue weighted by Crippen LogP contribution is -2.71. The molecule has 0 saturated carbocycles. The van der Waals surface area contributed by atoms with Gasteiger partial charge in [0, 0.05) is 51.0 Å². The van der Waals surface area contributed by atoms with E-state index in [0.29, 0.717) is 23.0 Å². The van der Waals surface area contributed by atoms with Crippen LogP contribution in [0.2, 0.25) is 0 Å². The van der Waals surface area contributed by atoms with Crippen molar-refractivity contribution in [2.24, 2.45) is 21.6 Å². The molecular weight excluding hydrogens is 589 g/mol. The van der Waals surface area contributed by atoms with E-state index in [2.05, 4.69) is 29.8 Å². The van der Waals surface area contributed by atoms with Crippen LogP contribution in [0.1, 0.15) is 11.4 Å². The van der Waals surface area contributed by atoms with E-state index in [1.807, 2.05) is 0 Å². The Morgan fingerprint density at radius 3 is 2.79 bits per heavy atom. The number of nitrogen functional groups attached to an aromatic ring is 1. The SMILES string of the molecule is NC(N)=NCCSCc1cnccc1SC1=C(C(=O)O)N2C(=O)[C@@H](NC(=O)/C(=N\O)c3nsc(N)n3)[C@H]2SC1. The van der Waals surface area contributed by atoms with E-state index in [1.165, 1.54) is 23.5 Å². The van der Waals surface area contributed by atoms with E-state index in [4.69, 9.17) is 17.2 Å². The first-order valence-corrected chi connectivity index (χ1v) is 14.8. The van der Waals surface area contributed by atoms with Crippen LogP contribution in [-0.4, -0.2) is 88.5 Å². The number of carbonyl (C=O) groups excluding carboxylic acids is 2. The van der Waals surface area contributed by atoms with E-state index in [9.17, 15) is 24.7 Å². The average Bonchev–Trinajstić information content (AvgIpc) is 3.33. The summed E-state index contributed by atoms with van der Waals surface area (Å²) >= 11 is 4.97. The number of hydrogen-bond acceptors (Lipinski definition) is 14. The van der Waals surface area contributed by atoms with Gasteiger partial charge in [-0.15, -0.1) is 11.8 Å². The molecule has 2 aromatic heterocycles. The minimum absolute atomic E-state index is 0.0282. The molecule has 2 amide bonds. The molecule has 0 spiro atoms. The second kappa shape index (κ2) is 12.5. The number of nitrogens with zero attached hydrogens (tertiary/aromatic N) is 6. The fourth-order valence-electron chi connectivity index (χ4n) is 3.58. The molecule has 2 aromatic rings. The van der Waals surface area contributed by atoms with Crippen molar-refractivity contribution >= 4 is 81.4 Å². The highest BCUT2D eigenvalue weighted by Gasteiger charge is 2.54. The normalized spacial score (nSPS) is 18.8. The number of nitrogens with one attached hydrogen (secondary N) is 1. The molecule has 1 saturated heterocycles. The highest BCUT2D eigenvalue weighted by molar-refractivity contribution is 8.06. The van der Waals surface area contributed by atoms with Crippen LogP contribution >= 0.6 is 46.8 Å². The predicted octanol–water partition coefficient (Wildman–Crippen LogP) is -0.311. The molecule has 9 N–H and O–H groups in total. The van der Waals surface area contributed by atoms with Crippen LogP contribution in [0.3, 0.4) is 0 Å². The number of hydrogen-bond donors (Lipinski definition) is 6. The van der Waals surface area contributed by atoms with E-state index < -0.39 is 34.9 Å². The van der Waals surface area contributed by atoms with E-state index >= 15 is 0 Å². The van der Waals surface area contributed by atoms with Crippen LogP contribution in [0.15, 0.2) is 44.1 Å². The van der Waals surface area contributed by atoms with Crippen molar-refractivity contribution < 1.29 is 24.7 Å². The molecular formula is C20H22N10O5S4. The summed E-state index contributed by atoms with van der Waals surface area (Å²) in [5, 5.41) is 24.1. The summed E-state index contributed by atoms with van der Waals surface area (Å²) in [6.07, 6.45) is 3.32. The standard InChI is InChI=1S/C20H22N10O5S4/c21-19(22)25-3-4-36-6-8-5-24-2-1-9(8)38-10-7-37-17-12(16(32)30(17)13(10)18(33)34)26-15(31)11(28-35)14-27-20(23)39-29-14/h1-2,5,12,17,35H,3-4,6-7H2,(H,26,31)(H,33,34)(H4,21,22,25)(H2,23,27,29)/b28-11-/t12-,17-/m1/s1. The zero-order valence-corrected chi connectivity index (χ0v) is 23.1. The van der Waals surface area contributed by atoms with Gasteiger partial charge in [0.25, 0.3) is 11.8 Å². The summed E-state index contributed by atoms with van der Waals surface area (Å²) < 4.78 is 3.83. The van der Waals surface area contributed by atoms with Gasteiger partial charge in [-0.05, 0) is 11.6 Å². The number of rotatable bonds is 11. The van der Waals surface area contributed by atoms with E-state index in [1.54, 1.807) is 30.2 Å². The Hall–Kier alpha value is -3.55. The van der Waals surface area contributed by atoms with Gasteiger partial charge in [-0.25, -0.2) is 4.79 Å². The zero-order valence-electron chi connectivity index (χ0n) is 19.9. The van der Waals surface area contributed by atoms with Gasteiger partial charge in [0.15, 0.2) is 11.1 Å². The van der Waals surface area contributed by atoms with E-state index in [-0.39, 0.29) is 28.4 Å². The number of carbonyl (C=O) groups is 3. The summed E-state index contributed by atoms with van der Waals surface area (Å²) in [7, 11) is 0. The van der Waals surface area contributed by atoms with Crippen LogP contribution in [0.4, 0.5) is 5.13 Å². The maximum atomic E-state index is 13.0. The van der Waals surface area contributed by atoms with Gasteiger partial charge in [-0.1, -0.05) is 16.9 Å². The zero-order chi connectivity index (χ0) is 28.1. The highest BCUT2D eigenvalue weighted by Crippen LogP contribution is 2.45. The number of aliphatic carboxylic acids is 1. The Bertz CT molecular complexity index is 1380. The lowest BCUT2D eigenvalue weighted by Gasteiger charge is -2.49. The number of aliphatic imine (C=N–C) groups is 1. The van der Waals surface area contributed by atoms with Crippen molar-refractivity contribution in [1.82, 2.24) is 24.6 Å². The minimum atomic E-state index is -1.26. The maximum Gasteiger partial charge on any atom is 0.353 e. The Kier molecular flexibility index (Phi) is 9.15. The van der Waals surface area contributed by atoms with Crippen LogP contribution in [0, 0.1) is 0 Å². The van der Waals surface area contributed by atoms with Crippen molar-refractivity contribution in [3.05, 3.63) is 40.5 Å². The summed E-state index contributed by atoms with van der Waals surface area (Å²) in [4.78, 5) is 52.3. The van der Waals surface area contributed by atoms with Gasteiger partial charge in [0.05, 0.1) is 6.54 Å². The van der Waals surface area contributed by atoms with Crippen molar-refractivity contribution in [2.75, 3.05) is 23.8 Å². The van der Waals surface area contributed by atoms with Crippen molar-refractivity contribution in [3.8, 4) is 0 Å². The number of amides is 2. The number of oxime groups is 1. The Morgan fingerprint density at radius 2 is 2.13 bits per heavy atom. The van der Waals surface area contributed by atoms with Crippen molar-refractivity contribution in [2.45, 2.75) is 22.1 Å². The number of anilines is 1. The first kappa shape index (κ1) is 28.5. The van der Waals surface area contributed by atoms with Gasteiger partial charge in [-0.2, -0.15) is 21.1 Å². The van der Waals surface area contributed by atoms with Crippen LogP contribution in [0.5, 0.6) is 0 Å². The average molecular weight is 611 g/mol. The molecule has 0 bridgehead atoms. The number of fused-ring (bicyclic) bond motifs is 1. The third-order valence-electron chi connectivity index (χ3n) is 5.27. The third kappa shape index (κ3) is 6.37. The predicted molar refractivity (Wildman–Crippen MR) is 149 cm³/mol. The fraction of sp³-hybridized carbons (Fsp3) is 0.300. The number of thioether (sulfide) groups is 3. The first-order valence-electron chi connectivity index (χ1n) is 11.0. The number of pyridine rings is 1. The number of carboxylic acid groups (broad SMARTS) is 1. The lowest BCUT2D eigenvalue weighted by atomic mass is 10.0. The minimum Gasteiger partial charge on any atom is -0.477 e. The molecule has 15 nitrogen and oxygen atoms in total. The molecule has 206 valence electrons. The molecule has 39 heavy (non-hydrogen) atoms. The molecule has 1 fully saturated rings. The molecule has 2 atom stereocenters. The summed E-state index contributed by atoms with van der Waals surface area (Å²) in [5.74, 6) is -1.35. The van der Waals surface area contributed by atoms with Crippen LogP contribution < -0.4 is 22.5 Å². The van der Waals surface area contributed by atoms with Crippen LogP contribution in [0.25, 0.3) is 0 Å². The number of nitrogens with two attached hydrogens (primary N) is 3. The quantitative estimate of drug-likeness (QED) is 0.0477. The monoisotopic (exact) mass is 610 g/mol. The molecule has 0 aliphatic carbocycles. The number of aromatic nitrogens is 3. The molecule has 19 heteroatoms. The Balaban J connectivity index is 1.47. The van der Waals surface area contributed by atoms with E-state index in [0.717, 1.165) is 26.9 Å². The molecule has 0 unspecified atom stereocenters. The second-order valence-corrected chi connectivity index (χ2v) is 11.9. The third-order valence-corrected chi connectivity index (χ3v) is 9.46. The molecule has 0 aromatic carbocycles. The van der Waals surface area contributed by atoms with Gasteiger partial charge in [0.2, 0.25) is 11.5 Å². The molecule has 2 aliphatic rings. The molecule has 4 heterocycles. The topological polar surface area (TPSA) is 248 Å². The van der Waals surface area contributed by atoms with Crippen molar-refractivity contribution in [1.29, 1.82) is 0 Å². The van der Waals surface area contributed by atoms with Gasteiger partial charge < -0.3 is 32.8 Å². The van der Waals surface area contributed by atoms with Crippen molar-refractivity contribution in [3.63, 3.8) is 0 Å². The van der Waals surface area contributed by atoms with Gasteiger partial charge in [0.1, 0.15) is 17.1 Å². The maximum absolute atomic E-state index is 13.0. The Labute approximate surface area is 237 Å². The smallest absolute Gasteiger partial charge is 0.353 e. The Morgan fingerprint density at radius 1 is 1.33 bits per heavy atom. The molecule has 2 aliphatic heterocycles. The fourth-order valence-corrected chi connectivity index (χ4v) is 7.49. The van der Waals surface area contributed by atoms with Gasteiger partial charge in [-0.3, -0.25) is 24.5 Å². The molecule has 4 rings (SSSR count). The lowest BCUT2D eigenvalue weighted by molar-refractivity contribution is -0.150. The second-order valence-electron chi connectivity index (χ2n) is 7.79. The number of guanidine groups is 1.